The molecule has 0 saturated heterocycles. The summed E-state index contributed by atoms with van der Waals surface area (Å²) in [6.07, 6.45) is 0.606. The molecular formula is C12H20N2O4S2. The number of hydrogen-bond acceptors (Lipinski definition) is 4. The first-order valence-electron chi connectivity index (χ1n) is 6.23. The van der Waals surface area contributed by atoms with Gasteiger partial charge in [-0.1, -0.05) is 32.9 Å². The first-order valence-corrected chi connectivity index (χ1v) is 9.26. The molecule has 0 fully saturated rings. The number of hydrogen-bond donors (Lipinski definition) is 2. The Hall–Kier alpha value is -0.960. The first kappa shape index (κ1) is 17.1. The lowest BCUT2D eigenvalue weighted by Gasteiger charge is -2.21. The number of rotatable bonds is 6. The highest BCUT2D eigenvalue weighted by atomic mass is 32.2. The van der Waals surface area contributed by atoms with E-state index in [1.807, 2.05) is 20.8 Å². The molecule has 0 bridgehead atoms. The van der Waals surface area contributed by atoms with E-state index in [4.69, 9.17) is 5.14 Å². The fourth-order valence-electron chi connectivity index (χ4n) is 1.86. The SMILES string of the molecule is CCC(NS(=O)(=O)c1ccccc1S(N)(=O)=O)C(C)C. The quantitative estimate of drug-likeness (QED) is 0.817. The highest BCUT2D eigenvalue weighted by Crippen LogP contribution is 2.20. The summed E-state index contributed by atoms with van der Waals surface area (Å²) >= 11 is 0. The van der Waals surface area contributed by atoms with Gasteiger partial charge in [0.05, 0.1) is 0 Å². The Morgan fingerprint density at radius 3 is 2.00 bits per heavy atom. The molecule has 0 spiro atoms. The summed E-state index contributed by atoms with van der Waals surface area (Å²) in [5.41, 5.74) is 0. The third-order valence-corrected chi connectivity index (χ3v) is 5.64. The van der Waals surface area contributed by atoms with E-state index in [2.05, 4.69) is 4.72 Å². The van der Waals surface area contributed by atoms with Crippen molar-refractivity contribution >= 4 is 20.0 Å². The standard InChI is InChI=1S/C12H20N2O4S2/c1-4-10(9(2)3)14-20(17,18)12-8-6-5-7-11(12)19(13,15)16/h5-10,14H,4H2,1-3H3,(H2,13,15,16). The first-order chi connectivity index (χ1) is 9.09. The van der Waals surface area contributed by atoms with Crippen molar-refractivity contribution in [1.82, 2.24) is 4.72 Å². The molecule has 0 aromatic heterocycles. The molecule has 1 unspecified atom stereocenters. The van der Waals surface area contributed by atoms with E-state index in [1.165, 1.54) is 24.3 Å². The fourth-order valence-corrected chi connectivity index (χ4v) is 4.71. The largest absolute Gasteiger partial charge is 0.242 e. The van der Waals surface area contributed by atoms with Gasteiger partial charge in [0.2, 0.25) is 20.0 Å². The molecule has 114 valence electrons. The van der Waals surface area contributed by atoms with Crippen LogP contribution in [-0.4, -0.2) is 22.9 Å². The minimum Gasteiger partial charge on any atom is -0.225 e. The van der Waals surface area contributed by atoms with Crippen LogP contribution in [0.15, 0.2) is 34.1 Å². The zero-order valence-corrected chi connectivity index (χ0v) is 13.3. The zero-order valence-electron chi connectivity index (χ0n) is 11.7. The summed E-state index contributed by atoms with van der Waals surface area (Å²) < 4.78 is 50.2. The Labute approximate surface area is 120 Å². The average Bonchev–Trinajstić information content (AvgIpc) is 2.34. The maximum Gasteiger partial charge on any atom is 0.242 e. The second-order valence-electron chi connectivity index (χ2n) is 4.87. The van der Waals surface area contributed by atoms with Crippen molar-refractivity contribution in [2.75, 3.05) is 0 Å². The van der Waals surface area contributed by atoms with E-state index in [1.54, 1.807) is 0 Å². The van der Waals surface area contributed by atoms with Crippen LogP contribution in [0.25, 0.3) is 0 Å². The van der Waals surface area contributed by atoms with Crippen molar-refractivity contribution in [3.8, 4) is 0 Å². The number of nitrogens with one attached hydrogen (secondary N) is 1. The smallest absolute Gasteiger partial charge is 0.225 e. The molecule has 1 atom stereocenters. The molecule has 8 heteroatoms. The molecule has 0 saturated carbocycles. The summed E-state index contributed by atoms with van der Waals surface area (Å²) in [6.45, 7) is 5.64. The minimum absolute atomic E-state index is 0.0939. The maximum absolute atomic E-state index is 12.3. The fraction of sp³-hybridized carbons (Fsp3) is 0.500. The van der Waals surface area contributed by atoms with Crippen molar-refractivity contribution in [2.24, 2.45) is 11.1 Å². The molecule has 20 heavy (non-hydrogen) atoms. The molecular weight excluding hydrogens is 300 g/mol. The summed E-state index contributed by atoms with van der Waals surface area (Å²) in [7, 11) is -8.04. The van der Waals surface area contributed by atoms with Gasteiger partial charge in [0.25, 0.3) is 0 Å². The second kappa shape index (κ2) is 6.21. The summed E-state index contributed by atoms with van der Waals surface area (Å²) in [5, 5.41) is 5.06. The number of nitrogens with two attached hydrogens (primary N) is 1. The van der Waals surface area contributed by atoms with E-state index in [0.29, 0.717) is 6.42 Å². The lowest BCUT2D eigenvalue weighted by molar-refractivity contribution is 0.436. The normalized spacial score (nSPS) is 14.4. The van der Waals surface area contributed by atoms with Crippen LogP contribution in [0.3, 0.4) is 0 Å². The van der Waals surface area contributed by atoms with Gasteiger partial charge in [-0.3, -0.25) is 0 Å². The number of benzene rings is 1. The van der Waals surface area contributed by atoms with Crippen LogP contribution in [0.5, 0.6) is 0 Å². The van der Waals surface area contributed by atoms with Crippen molar-refractivity contribution in [1.29, 1.82) is 0 Å². The van der Waals surface area contributed by atoms with E-state index in [9.17, 15) is 16.8 Å². The molecule has 1 aromatic carbocycles. The molecule has 0 heterocycles. The third kappa shape index (κ3) is 4.02. The van der Waals surface area contributed by atoms with Crippen LogP contribution in [0.4, 0.5) is 0 Å². The van der Waals surface area contributed by atoms with Gasteiger partial charge in [0.1, 0.15) is 9.79 Å². The van der Waals surface area contributed by atoms with E-state index < -0.39 is 24.9 Å². The van der Waals surface area contributed by atoms with Crippen LogP contribution in [-0.2, 0) is 20.0 Å². The van der Waals surface area contributed by atoms with Crippen LogP contribution in [0, 0.1) is 5.92 Å². The summed E-state index contributed by atoms with van der Waals surface area (Å²) in [5.74, 6) is 0.0939. The number of primary sulfonamides is 1. The highest BCUT2D eigenvalue weighted by Gasteiger charge is 2.26. The lowest BCUT2D eigenvalue weighted by atomic mass is 10.0. The van der Waals surface area contributed by atoms with Crippen LogP contribution in [0.1, 0.15) is 27.2 Å². The van der Waals surface area contributed by atoms with Crippen molar-refractivity contribution in [3.05, 3.63) is 24.3 Å². The van der Waals surface area contributed by atoms with Gasteiger partial charge in [-0.05, 0) is 24.5 Å². The molecule has 0 aliphatic carbocycles. The van der Waals surface area contributed by atoms with Gasteiger partial charge in [0, 0.05) is 6.04 Å². The van der Waals surface area contributed by atoms with Gasteiger partial charge in [0.15, 0.2) is 0 Å². The van der Waals surface area contributed by atoms with Crippen molar-refractivity contribution in [2.45, 2.75) is 43.0 Å². The Kier molecular flexibility index (Phi) is 5.31. The van der Waals surface area contributed by atoms with Crippen molar-refractivity contribution in [3.63, 3.8) is 0 Å². The van der Waals surface area contributed by atoms with Gasteiger partial charge in [-0.25, -0.2) is 26.7 Å². The van der Waals surface area contributed by atoms with Crippen LogP contribution in [0.2, 0.25) is 0 Å². The molecule has 0 aliphatic rings. The average molecular weight is 320 g/mol. The van der Waals surface area contributed by atoms with Crippen LogP contribution < -0.4 is 9.86 Å². The third-order valence-electron chi connectivity index (χ3n) is 3.00. The minimum atomic E-state index is -4.10. The molecule has 0 radical (unpaired) electrons. The predicted molar refractivity (Wildman–Crippen MR) is 77.1 cm³/mol. The lowest BCUT2D eigenvalue weighted by Crippen LogP contribution is -2.38. The highest BCUT2D eigenvalue weighted by molar-refractivity contribution is 7.92. The summed E-state index contributed by atoms with van der Waals surface area (Å²) in [4.78, 5) is -0.715. The Morgan fingerprint density at radius 1 is 1.10 bits per heavy atom. The zero-order chi connectivity index (χ0) is 15.6. The van der Waals surface area contributed by atoms with E-state index in [-0.39, 0.29) is 16.9 Å². The number of sulfonamides is 2. The van der Waals surface area contributed by atoms with E-state index in [0.717, 1.165) is 0 Å². The van der Waals surface area contributed by atoms with Gasteiger partial charge < -0.3 is 0 Å². The predicted octanol–water partition coefficient (Wildman–Crippen LogP) is 1.05. The molecule has 6 nitrogen and oxygen atoms in total. The Balaban J connectivity index is 3.31. The topological polar surface area (TPSA) is 106 Å². The molecule has 0 amide bonds. The van der Waals surface area contributed by atoms with Gasteiger partial charge >= 0.3 is 0 Å². The molecule has 3 N–H and O–H groups in total. The van der Waals surface area contributed by atoms with Gasteiger partial charge in [-0.15, -0.1) is 0 Å². The van der Waals surface area contributed by atoms with Gasteiger partial charge in [-0.2, -0.15) is 0 Å². The molecule has 0 aliphatic heterocycles. The summed E-state index contributed by atoms with van der Waals surface area (Å²) in [6, 6.07) is 5.03. The maximum atomic E-state index is 12.3. The molecule has 1 aromatic rings. The molecule has 1 rings (SSSR count). The second-order valence-corrected chi connectivity index (χ2v) is 8.08. The monoisotopic (exact) mass is 320 g/mol. The van der Waals surface area contributed by atoms with Crippen molar-refractivity contribution < 1.29 is 16.8 Å². The Bertz CT molecular complexity index is 666. The van der Waals surface area contributed by atoms with Crippen LogP contribution >= 0.6 is 0 Å². The van der Waals surface area contributed by atoms with E-state index >= 15 is 0 Å². The Morgan fingerprint density at radius 2 is 1.60 bits per heavy atom.